The fourth-order valence-corrected chi connectivity index (χ4v) is 4.58. The van der Waals surface area contributed by atoms with Crippen molar-refractivity contribution in [2.24, 2.45) is 0 Å². The number of aromatic nitrogens is 3. The number of hydrogen-bond acceptors (Lipinski definition) is 4. The van der Waals surface area contributed by atoms with Crippen LogP contribution >= 0.6 is 43.2 Å². The molecule has 3 rings (SSSR count). The third-order valence-electron chi connectivity index (χ3n) is 2.68. The second-order valence-electron chi connectivity index (χ2n) is 3.93. The van der Waals surface area contributed by atoms with Crippen LogP contribution in [0.4, 0.5) is 0 Å². The molecule has 0 fully saturated rings. The molecule has 4 nitrogen and oxygen atoms in total. The van der Waals surface area contributed by atoms with Crippen LogP contribution in [0.1, 0.15) is 16.1 Å². The topological polar surface area (TPSA) is 47.8 Å². The lowest BCUT2D eigenvalue weighted by Crippen LogP contribution is -2.09. The van der Waals surface area contributed by atoms with Gasteiger partial charge in [0.15, 0.2) is 0 Å². The molecule has 1 aromatic carbocycles. The van der Waals surface area contributed by atoms with E-state index >= 15 is 0 Å². The van der Waals surface area contributed by atoms with Gasteiger partial charge >= 0.3 is 0 Å². The van der Waals surface area contributed by atoms with Gasteiger partial charge in [0.2, 0.25) is 5.78 Å². The van der Waals surface area contributed by atoms with Crippen LogP contribution < -0.4 is 0 Å². The molecule has 3 aromatic rings. The molecule has 0 aliphatic carbocycles. The molecule has 0 unspecified atom stereocenters. The molecule has 0 aliphatic rings. The molecule has 2 aromatic heterocycles. The lowest BCUT2D eigenvalue weighted by molar-refractivity contribution is 0.103. The number of thiophene rings is 1. The van der Waals surface area contributed by atoms with Crippen molar-refractivity contribution in [3.8, 4) is 5.69 Å². The van der Waals surface area contributed by atoms with Crippen LogP contribution in [0.5, 0.6) is 0 Å². The lowest BCUT2D eigenvalue weighted by Gasteiger charge is -2.04. The smallest absolute Gasteiger partial charge is 0.215 e. The van der Waals surface area contributed by atoms with Gasteiger partial charge in [-0.05, 0) is 50.1 Å². The molecule has 2 heterocycles. The third kappa shape index (κ3) is 2.48. The standard InChI is InChI=1S/C13H7Br2N3OS/c14-11-6-9(13(15)20-11)12(19)10-7-16-17-18(10)8-4-2-1-3-5-8/h1-7H. The third-order valence-corrected chi connectivity index (χ3v) is 5.02. The molecular formula is C13H7Br2N3OS. The van der Waals surface area contributed by atoms with Gasteiger partial charge in [-0.2, -0.15) is 0 Å². The first kappa shape index (κ1) is 13.7. The van der Waals surface area contributed by atoms with E-state index in [1.165, 1.54) is 17.5 Å². The van der Waals surface area contributed by atoms with Gasteiger partial charge in [-0.3, -0.25) is 4.79 Å². The zero-order valence-electron chi connectivity index (χ0n) is 9.96. The Morgan fingerprint density at radius 3 is 2.60 bits per heavy atom. The quantitative estimate of drug-likeness (QED) is 0.609. The second-order valence-corrected chi connectivity index (χ2v) is 7.68. The first-order valence-corrected chi connectivity index (χ1v) is 8.02. The lowest BCUT2D eigenvalue weighted by atomic mass is 10.2. The van der Waals surface area contributed by atoms with Gasteiger partial charge in [0.1, 0.15) is 5.69 Å². The van der Waals surface area contributed by atoms with E-state index in [4.69, 9.17) is 0 Å². The molecule has 0 radical (unpaired) electrons. The summed E-state index contributed by atoms with van der Waals surface area (Å²) < 4.78 is 3.22. The number of carbonyl (C=O) groups excluding carboxylic acids is 1. The normalized spacial score (nSPS) is 10.7. The largest absolute Gasteiger partial charge is 0.287 e. The van der Waals surface area contributed by atoms with Crippen molar-refractivity contribution in [2.45, 2.75) is 0 Å². The summed E-state index contributed by atoms with van der Waals surface area (Å²) in [5.74, 6) is -0.118. The van der Waals surface area contributed by atoms with E-state index in [-0.39, 0.29) is 5.78 Å². The Kier molecular flexibility index (Phi) is 3.82. The Bertz CT molecular complexity index is 767. The molecule has 100 valence electrons. The molecule has 7 heteroatoms. The number of para-hydroxylation sites is 1. The molecule has 20 heavy (non-hydrogen) atoms. The molecule has 0 bridgehead atoms. The summed E-state index contributed by atoms with van der Waals surface area (Å²) in [4.78, 5) is 12.6. The summed E-state index contributed by atoms with van der Waals surface area (Å²) in [7, 11) is 0. The van der Waals surface area contributed by atoms with Crippen molar-refractivity contribution >= 4 is 49.0 Å². The van der Waals surface area contributed by atoms with Gasteiger partial charge in [0.25, 0.3) is 0 Å². The van der Waals surface area contributed by atoms with Crippen molar-refractivity contribution < 1.29 is 4.79 Å². The Hall–Kier alpha value is -1.31. The fraction of sp³-hybridized carbons (Fsp3) is 0. The SMILES string of the molecule is O=C(c1cc(Br)sc1Br)c1cnnn1-c1ccccc1. The maximum absolute atomic E-state index is 12.6. The summed E-state index contributed by atoms with van der Waals surface area (Å²) in [5.41, 5.74) is 1.84. The molecule has 0 aliphatic heterocycles. The van der Waals surface area contributed by atoms with E-state index in [9.17, 15) is 4.79 Å². The minimum atomic E-state index is -0.118. The van der Waals surface area contributed by atoms with Crippen molar-refractivity contribution in [1.29, 1.82) is 0 Å². The first-order chi connectivity index (χ1) is 9.66. The summed E-state index contributed by atoms with van der Waals surface area (Å²) in [6.45, 7) is 0. The Morgan fingerprint density at radius 2 is 1.95 bits per heavy atom. The highest BCUT2D eigenvalue weighted by Crippen LogP contribution is 2.33. The van der Waals surface area contributed by atoms with E-state index in [2.05, 4.69) is 42.2 Å². The fourth-order valence-electron chi connectivity index (χ4n) is 1.78. The highest BCUT2D eigenvalue weighted by Gasteiger charge is 2.20. The van der Waals surface area contributed by atoms with E-state index in [0.717, 1.165) is 13.3 Å². The summed E-state index contributed by atoms with van der Waals surface area (Å²) in [5, 5.41) is 7.84. The second kappa shape index (κ2) is 5.59. The number of benzene rings is 1. The van der Waals surface area contributed by atoms with Gasteiger partial charge in [-0.15, -0.1) is 16.4 Å². The van der Waals surface area contributed by atoms with Crippen molar-refractivity contribution in [1.82, 2.24) is 15.0 Å². The van der Waals surface area contributed by atoms with Gasteiger partial charge in [-0.1, -0.05) is 23.4 Å². The summed E-state index contributed by atoms with van der Waals surface area (Å²) in [6, 6.07) is 11.2. The number of carbonyl (C=O) groups is 1. The predicted molar refractivity (Wildman–Crippen MR) is 84.5 cm³/mol. The van der Waals surface area contributed by atoms with E-state index < -0.39 is 0 Å². The highest BCUT2D eigenvalue weighted by molar-refractivity contribution is 9.12. The zero-order chi connectivity index (χ0) is 14.1. The van der Waals surface area contributed by atoms with Gasteiger partial charge in [0, 0.05) is 0 Å². The van der Waals surface area contributed by atoms with Crippen LogP contribution in [0, 0.1) is 0 Å². The predicted octanol–water partition coefficient (Wildman–Crippen LogP) is 4.08. The number of hydrogen-bond donors (Lipinski definition) is 0. The Balaban J connectivity index is 2.06. The number of nitrogens with zero attached hydrogens (tertiary/aromatic N) is 3. The maximum Gasteiger partial charge on any atom is 0.215 e. The summed E-state index contributed by atoms with van der Waals surface area (Å²) in [6.07, 6.45) is 1.48. The summed E-state index contributed by atoms with van der Waals surface area (Å²) >= 11 is 8.24. The Morgan fingerprint density at radius 1 is 1.20 bits per heavy atom. The van der Waals surface area contributed by atoms with Crippen molar-refractivity contribution in [2.75, 3.05) is 0 Å². The van der Waals surface area contributed by atoms with Gasteiger partial charge < -0.3 is 0 Å². The average molecular weight is 413 g/mol. The Labute approximate surface area is 135 Å². The number of halogens is 2. The van der Waals surface area contributed by atoms with Gasteiger partial charge in [0.05, 0.1) is 25.0 Å². The highest BCUT2D eigenvalue weighted by atomic mass is 79.9. The van der Waals surface area contributed by atoms with Crippen molar-refractivity contribution in [3.63, 3.8) is 0 Å². The van der Waals surface area contributed by atoms with E-state index in [1.54, 1.807) is 10.7 Å². The number of rotatable bonds is 3. The van der Waals surface area contributed by atoms with Crippen LogP contribution in [0.2, 0.25) is 0 Å². The van der Waals surface area contributed by atoms with E-state index in [1.807, 2.05) is 30.3 Å². The molecule has 0 atom stereocenters. The molecule has 0 saturated heterocycles. The van der Waals surface area contributed by atoms with Gasteiger partial charge in [-0.25, -0.2) is 4.68 Å². The molecule has 0 saturated carbocycles. The van der Waals surface area contributed by atoms with Crippen LogP contribution in [-0.4, -0.2) is 20.8 Å². The minimum absolute atomic E-state index is 0.118. The number of ketones is 1. The maximum atomic E-state index is 12.6. The van der Waals surface area contributed by atoms with Crippen molar-refractivity contribution in [3.05, 3.63) is 61.4 Å². The van der Waals surface area contributed by atoms with Crippen LogP contribution in [0.15, 0.2) is 50.2 Å². The first-order valence-electron chi connectivity index (χ1n) is 5.62. The van der Waals surface area contributed by atoms with Crippen LogP contribution in [-0.2, 0) is 0 Å². The molecule has 0 spiro atoms. The molecule has 0 amide bonds. The average Bonchev–Trinajstić information content (AvgIpc) is 3.05. The van der Waals surface area contributed by atoms with Crippen LogP contribution in [0.25, 0.3) is 5.69 Å². The molecule has 0 N–H and O–H groups in total. The van der Waals surface area contributed by atoms with Crippen LogP contribution in [0.3, 0.4) is 0 Å². The van der Waals surface area contributed by atoms with E-state index in [0.29, 0.717) is 11.3 Å². The monoisotopic (exact) mass is 411 g/mol. The molecular weight excluding hydrogens is 406 g/mol. The minimum Gasteiger partial charge on any atom is -0.287 e. The zero-order valence-corrected chi connectivity index (χ0v) is 13.9.